The molecule has 0 unspecified atom stereocenters. The van der Waals surface area contributed by atoms with Crippen LogP contribution in [0.25, 0.3) is 0 Å². The summed E-state index contributed by atoms with van der Waals surface area (Å²) in [5.41, 5.74) is 7.17. The van der Waals surface area contributed by atoms with E-state index in [-0.39, 0.29) is 24.0 Å². The third kappa shape index (κ3) is 5.23. The number of aromatic nitrogens is 2. The topological polar surface area (TPSA) is 68.2 Å². The molecular weight excluding hydrogens is 401 g/mol. The Labute approximate surface area is 154 Å². The predicted molar refractivity (Wildman–Crippen MR) is 104 cm³/mol. The van der Waals surface area contributed by atoms with E-state index in [4.69, 9.17) is 5.73 Å². The van der Waals surface area contributed by atoms with Crippen molar-refractivity contribution >= 4 is 29.9 Å². The molecule has 0 atom stereocenters. The standard InChI is InChI=1S/C17H23N5.HI/c18-17(20-11-14-7-4-8-14)21-12-16-19-9-10-22(16)13-15-5-2-1-3-6-15;/h1-3,5-6,9-10,14H,4,7-8,11-13H2,(H3,18,20,21);1H. The summed E-state index contributed by atoms with van der Waals surface area (Å²) < 4.78 is 2.11. The Morgan fingerprint density at radius 2 is 2.09 bits per heavy atom. The van der Waals surface area contributed by atoms with Crippen LogP contribution in [0.2, 0.25) is 0 Å². The summed E-state index contributed by atoms with van der Waals surface area (Å²) >= 11 is 0. The van der Waals surface area contributed by atoms with E-state index in [9.17, 15) is 0 Å². The minimum absolute atomic E-state index is 0. The van der Waals surface area contributed by atoms with Crippen molar-refractivity contribution in [3.8, 4) is 0 Å². The van der Waals surface area contributed by atoms with E-state index in [0.717, 1.165) is 24.8 Å². The van der Waals surface area contributed by atoms with Crippen molar-refractivity contribution in [1.82, 2.24) is 14.9 Å². The van der Waals surface area contributed by atoms with Crippen LogP contribution in [0.15, 0.2) is 47.7 Å². The lowest BCUT2D eigenvalue weighted by atomic mass is 9.85. The van der Waals surface area contributed by atoms with Gasteiger partial charge in [0, 0.05) is 25.5 Å². The van der Waals surface area contributed by atoms with E-state index in [2.05, 4.69) is 32.0 Å². The number of nitrogens with zero attached hydrogens (tertiary/aromatic N) is 3. The monoisotopic (exact) mass is 425 g/mol. The third-order valence-electron chi connectivity index (χ3n) is 4.18. The highest BCUT2D eigenvalue weighted by atomic mass is 127. The van der Waals surface area contributed by atoms with Crippen LogP contribution in [-0.4, -0.2) is 22.1 Å². The molecule has 1 saturated carbocycles. The molecule has 3 N–H and O–H groups in total. The van der Waals surface area contributed by atoms with Gasteiger partial charge in [0.1, 0.15) is 12.4 Å². The fourth-order valence-corrected chi connectivity index (χ4v) is 2.57. The summed E-state index contributed by atoms with van der Waals surface area (Å²) in [4.78, 5) is 8.78. The lowest BCUT2D eigenvalue weighted by molar-refractivity contribution is 0.315. The molecule has 1 heterocycles. The Kier molecular flexibility index (Phi) is 6.88. The molecule has 23 heavy (non-hydrogen) atoms. The second kappa shape index (κ2) is 8.90. The van der Waals surface area contributed by atoms with Gasteiger partial charge in [0.15, 0.2) is 5.96 Å². The molecule has 0 bridgehead atoms. The van der Waals surface area contributed by atoms with Crippen LogP contribution >= 0.6 is 24.0 Å². The van der Waals surface area contributed by atoms with Gasteiger partial charge >= 0.3 is 0 Å². The minimum atomic E-state index is 0. The fraction of sp³-hybridized carbons (Fsp3) is 0.412. The lowest BCUT2D eigenvalue weighted by Crippen LogP contribution is -2.37. The van der Waals surface area contributed by atoms with Crippen molar-refractivity contribution in [3.63, 3.8) is 0 Å². The molecule has 0 spiro atoms. The molecule has 1 aromatic heterocycles. The molecule has 1 aromatic carbocycles. The number of nitrogens with one attached hydrogen (secondary N) is 1. The molecule has 2 aromatic rings. The Morgan fingerprint density at radius 1 is 1.30 bits per heavy atom. The summed E-state index contributed by atoms with van der Waals surface area (Å²) in [5, 5.41) is 3.21. The van der Waals surface area contributed by atoms with Gasteiger partial charge in [-0.3, -0.25) is 0 Å². The van der Waals surface area contributed by atoms with Crippen LogP contribution in [0.3, 0.4) is 0 Å². The first kappa shape index (κ1) is 17.8. The summed E-state index contributed by atoms with van der Waals surface area (Å²) in [6.07, 6.45) is 7.76. The second-order valence-corrected chi connectivity index (χ2v) is 5.84. The highest BCUT2D eigenvalue weighted by Gasteiger charge is 2.16. The Balaban J connectivity index is 0.00000192. The van der Waals surface area contributed by atoms with Crippen molar-refractivity contribution in [2.45, 2.75) is 32.4 Å². The van der Waals surface area contributed by atoms with Gasteiger partial charge in [-0.05, 0) is 24.3 Å². The molecule has 6 heteroatoms. The van der Waals surface area contributed by atoms with Gasteiger partial charge in [-0.25, -0.2) is 9.98 Å². The Morgan fingerprint density at radius 3 is 2.78 bits per heavy atom. The first-order valence-corrected chi connectivity index (χ1v) is 7.89. The first-order valence-electron chi connectivity index (χ1n) is 7.89. The zero-order chi connectivity index (χ0) is 15.2. The van der Waals surface area contributed by atoms with Gasteiger partial charge in [-0.1, -0.05) is 36.8 Å². The molecule has 124 valence electrons. The van der Waals surface area contributed by atoms with Crippen molar-refractivity contribution in [2.75, 3.05) is 6.54 Å². The van der Waals surface area contributed by atoms with Crippen molar-refractivity contribution in [2.24, 2.45) is 16.6 Å². The molecule has 1 aliphatic rings. The molecule has 0 saturated heterocycles. The number of rotatable bonds is 6. The number of guanidine groups is 1. The third-order valence-corrected chi connectivity index (χ3v) is 4.18. The SMILES string of the molecule is I.NC(=NCc1nccn1Cc1ccccc1)NCC1CCC1. The zero-order valence-electron chi connectivity index (χ0n) is 13.2. The molecule has 3 rings (SSSR count). The normalized spacial score (nSPS) is 14.9. The first-order chi connectivity index (χ1) is 10.8. The number of aliphatic imine (C=N–C) groups is 1. The van der Waals surface area contributed by atoms with Crippen LogP contribution in [0.4, 0.5) is 0 Å². The molecule has 0 aliphatic heterocycles. The van der Waals surface area contributed by atoms with Gasteiger partial charge in [-0.2, -0.15) is 0 Å². The smallest absolute Gasteiger partial charge is 0.189 e. The number of nitrogens with two attached hydrogens (primary N) is 1. The average molecular weight is 425 g/mol. The molecule has 1 fully saturated rings. The maximum Gasteiger partial charge on any atom is 0.189 e. The number of imidazole rings is 1. The maximum absolute atomic E-state index is 5.92. The van der Waals surface area contributed by atoms with Crippen LogP contribution in [0.1, 0.15) is 30.7 Å². The maximum atomic E-state index is 5.92. The van der Waals surface area contributed by atoms with Crippen molar-refractivity contribution in [1.29, 1.82) is 0 Å². The molecule has 5 nitrogen and oxygen atoms in total. The molecular formula is C17H24IN5. The van der Waals surface area contributed by atoms with E-state index >= 15 is 0 Å². The van der Waals surface area contributed by atoms with Crippen LogP contribution in [0, 0.1) is 5.92 Å². The predicted octanol–water partition coefficient (Wildman–Crippen LogP) is 2.75. The number of benzene rings is 1. The Bertz CT molecular complexity index is 619. The highest BCUT2D eigenvalue weighted by Crippen LogP contribution is 2.24. The Hall–Kier alpha value is -1.57. The summed E-state index contributed by atoms with van der Waals surface area (Å²) in [7, 11) is 0. The van der Waals surface area contributed by atoms with Crippen molar-refractivity contribution in [3.05, 3.63) is 54.1 Å². The van der Waals surface area contributed by atoms with Gasteiger partial charge in [-0.15, -0.1) is 24.0 Å². The van der Waals surface area contributed by atoms with Gasteiger partial charge in [0.2, 0.25) is 0 Å². The second-order valence-electron chi connectivity index (χ2n) is 5.84. The highest BCUT2D eigenvalue weighted by molar-refractivity contribution is 14.0. The van der Waals surface area contributed by atoms with Gasteiger partial charge in [0.25, 0.3) is 0 Å². The van der Waals surface area contributed by atoms with E-state index < -0.39 is 0 Å². The van der Waals surface area contributed by atoms with E-state index in [1.807, 2.05) is 30.6 Å². The fourth-order valence-electron chi connectivity index (χ4n) is 2.57. The van der Waals surface area contributed by atoms with Crippen LogP contribution in [-0.2, 0) is 13.1 Å². The number of hydrogen-bond acceptors (Lipinski definition) is 2. The van der Waals surface area contributed by atoms with Crippen molar-refractivity contribution < 1.29 is 0 Å². The summed E-state index contributed by atoms with van der Waals surface area (Å²) in [5.74, 6) is 2.22. The minimum Gasteiger partial charge on any atom is -0.370 e. The van der Waals surface area contributed by atoms with E-state index in [1.165, 1.54) is 24.8 Å². The molecule has 1 aliphatic carbocycles. The van der Waals surface area contributed by atoms with E-state index in [1.54, 1.807) is 0 Å². The van der Waals surface area contributed by atoms with Gasteiger partial charge < -0.3 is 15.6 Å². The lowest BCUT2D eigenvalue weighted by Gasteiger charge is -2.25. The van der Waals surface area contributed by atoms with Crippen LogP contribution in [0.5, 0.6) is 0 Å². The van der Waals surface area contributed by atoms with Crippen LogP contribution < -0.4 is 11.1 Å². The molecule has 0 amide bonds. The van der Waals surface area contributed by atoms with Gasteiger partial charge in [0.05, 0.1) is 0 Å². The molecule has 0 radical (unpaired) electrons. The van der Waals surface area contributed by atoms with E-state index in [0.29, 0.717) is 12.5 Å². The number of halogens is 1. The largest absolute Gasteiger partial charge is 0.370 e. The quantitative estimate of drug-likeness (QED) is 0.425. The summed E-state index contributed by atoms with van der Waals surface area (Å²) in [6.45, 7) is 2.25. The summed E-state index contributed by atoms with van der Waals surface area (Å²) in [6, 6.07) is 10.3. The number of hydrogen-bond donors (Lipinski definition) is 2. The average Bonchev–Trinajstić information content (AvgIpc) is 2.92. The zero-order valence-corrected chi connectivity index (χ0v) is 15.5.